The second kappa shape index (κ2) is 5.66. The minimum Gasteiger partial charge on any atom is -0.368 e. The summed E-state index contributed by atoms with van der Waals surface area (Å²) in [6.07, 6.45) is 7.23. The van der Waals surface area contributed by atoms with Gasteiger partial charge in [0.1, 0.15) is 0 Å². The molecule has 112 valence electrons. The van der Waals surface area contributed by atoms with Crippen LogP contribution in [0.1, 0.15) is 0 Å². The van der Waals surface area contributed by atoms with Gasteiger partial charge in [-0.25, -0.2) is 15.0 Å². The predicted octanol–water partition coefficient (Wildman–Crippen LogP) is 3.64. The largest absolute Gasteiger partial charge is 0.368 e. The second-order valence-corrected chi connectivity index (χ2v) is 5.94. The second-order valence-electron chi connectivity index (χ2n) is 4.99. The monoisotopic (exact) mass is 319 g/mol. The Morgan fingerprint density at radius 2 is 2.09 bits per heavy atom. The van der Waals surface area contributed by atoms with Crippen LogP contribution in [0.2, 0.25) is 0 Å². The highest BCUT2D eigenvalue weighted by atomic mass is 32.1. The maximum absolute atomic E-state index is 5.79. The van der Waals surface area contributed by atoms with Crippen LogP contribution in [-0.4, -0.2) is 19.5 Å². The van der Waals surface area contributed by atoms with Gasteiger partial charge in [0.2, 0.25) is 5.95 Å². The quantitative estimate of drug-likeness (QED) is 0.626. The molecule has 0 radical (unpaired) electrons. The van der Waals surface area contributed by atoms with Crippen molar-refractivity contribution in [2.75, 3.05) is 5.73 Å². The molecule has 3 aromatic heterocycles. The number of nitrogen functional groups attached to an aromatic ring is 1. The van der Waals surface area contributed by atoms with E-state index in [2.05, 4.69) is 21.0 Å². The third kappa shape index (κ3) is 2.60. The molecule has 0 unspecified atom stereocenters. The summed E-state index contributed by atoms with van der Waals surface area (Å²) in [4.78, 5) is 13.8. The molecule has 1 aromatic carbocycles. The van der Waals surface area contributed by atoms with E-state index in [1.54, 1.807) is 30.1 Å². The highest BCUT2D eigenvalue weighted by Gasteiger charge is 2.12. The molecule has 6 heteroatoms. The molecule has 0 aliphatic carbocycles. The van der Waals surface area contributed by atoms with E-state index in [4.69, 9.17) is 5.73 Å². The van der Waals surface area contributed by atoms with E-state index in [-0.39, 0.29) is 5.95 Å². The van der Waals surface area contributed by atoms with Crippen LogP contribution >= 0.6 is 11.3 Å². The van der Waals surface area contributed by atoms with Gasteiger partial charge < -0.3 is 10.3 Å². The summed E-state index contributed by atoms with van der Waals surface area (Å²) >= 11 is 1.63. The number of nitrogens with two attached hydrogens (primary N) is 1. The molecule has 4 aromatic rings. The van der Waals surface area contributed by atoms with Crippen LogP contribution < -0.4 is 5.73 Å². The Morgan fingerprint density at radius 1 is 1.13 bits per heavy atom. The van der Waals surface area contributed by atoms with Crippen molar-refractivity contribution in [3.8, 4) is 27.4 Å². The summed E-state index contributed by atoms with van der Waals surface area (Å²) in [5.41, 5.74) is 9.68. The van der Waals surface area contributed by atoms with Crippen LogP contribution in [0.3, 0.4) is 0 Å². The zero-order valence-corrected chi connectivity index (χ0v) is 12.9. The lowest BCUT2D eigenvalue weighted by molar-refractivity contribution is 1.06. The SMILES string of the molecule is Nc1ncc(-c2cccc(-n3ccnc3)c2)c(-c2cccs2)n1. The Morgan fingerprint density at radius 3 is 2.87 bits per heavy atom. The molecule has 0 saturated carbocycles. The van der Waals surface area contributed by atoms with Crippen LogP contribution in [0.4, 0.5) is 5.95 Å². The number of nitrogens with zero attached hydrogens (tertiary/aromatic N) is 4. The van der Waals surface area contributed by atoms with Crippen molar-refractivity contribution in [2.24, 2.45) is 0 Å². The van der Waals surface area contributed by atoms with Crippen molar-refractivity contribution in [1.29, 1.82) is 0 Å². The van der Waals surface area contributed by atoms with Gasteiger partial charge in [-0.3, -0.25) is 0 Å². The summed E-state index contributed by atoms with van der Waals surface area (Å²) in [6.45, 7) is 0. The molecule has 0 spiro atoms. The number of benzene rings is 1. The zero-order valence-electron chi connectivity index (χ0n) is 12.1. The summed E-state index contributed by atoms with van der Waals surface area (Å²) in [5, 5.41) is 2.03. The van der Waals surface area contributed by atoms with E-state index in [1.165, 1.54) is 0 Å². The summed E-state index contributed by atoms with van der Waals surface area (Å²) in [7, 11) is 0. The van der Waals surface area contributed by atoms with Gasteiger partial charge in [-0.2, -0.15) is 0 Å². The first-order valence-electron chi connectivity index (χ1n) is 7.06. The lowest BCUT2D eigenvalue weighted by Gasteiger charge is -2.10. The predicted molar refractivity (Wildman–Crippen MR) is 92.3 cm³/mol. The molecule has 0 amide bonds. The molecule has 0 aliphatic rings. The number of thiophene rings is 1. The van der Waals surface area contributed by atoms with E-state index in [0.29, 0.717) is 0 Å². The van der Waals surface area contributed by atoms with Gasteiger partial charge in [0.25, 0.3) is 0 Å². The molecule has 0 fully saturated rings. The molecule has 5 nitrogen and oxygen atoms in total. The van der Waals surface area contributed by atoms with Gasteiger partial charge in [-0.15, -0.1) is 11.3 Å². The van der Waals surface area contributed by atoms with Crippen molar-refractivity contribution in [3.05, 3.63) is 66.7 Å². The fourth-order valence-corrected chi connectivity index (χ4v) is 3.18. The van der Waals surface area contributed by atoms with Crippen molar-refractivity contribution < 1.29 is 0 Å². The first-order chi connectivity index (χ1) is 11.3. The minimum atomic E-state index is 0.280. The molecule has 4 rings (SSSR count). The van der Waals surface area contributed by atoms with Crippen LogP contribution in [0.25, 0.3) is 27.4 Å². The van der Waals surface area contributed by atoms with Crippen molar-refractivity contribution in [3.63, 3.8) is 0 Å². The van der Waals surface area contributed by atoms with Crippen LogP contribution in [0, 0.1) is 0 Å². The third-order valence-corrected chi connectivity index (χ3v) is 4.40. The molecule has 0 bridgehead atoms. The lowest BCUT2D eigenvalue weighted by Crippen LogP contribution is -1.98. The first-order valence-corrected chi connectivity index (χ1v) is 7.94. The number of anilines is 1. The van der Waals surface area contributed by atoms with E-state index in [0.717, 1.165) is 27.4 Å². The Labute approximate surface area is 137 Å². The number of hydrogen-bond acceptors (Lipinski definition) is 5. The third-order valence-electron chi connectivity index (χ3n) is 3.52. The topological polar surface area (TPSA) is 69.6 Å². The molecule has 3 heterocycles. The number of rotatable bonds is 3. The molecule has 0 aliphatic heterocycles. The van der Waals surface area contributed by atoms with Crippen molar-refractivity contribution >= 4 is 17.3 Å². The van der Waals surface area contributed by atoms with Gasteiger partial charge in [0.15, 0.2) is 0 Å². The van der Waals surface area contributed by atoms with Crippen molar-refractivity contribution in [1.82, 2.24) is 19.5 Å². The summed E-state index contributed by atoms with van der Waals surface area (Å²) in [5.74, 6) is 0.280. The normalized spacial score (nSPS) is 10.8. The summed E-state index contributed by atoms with van der Waals surface area (Å²) in [6, 6.07) is 12.2. The Balaban J connectivity index is 1.87. The molecule has 2 N–H and O–H groups in total. The highest BCUT2D eigenvalue weighted by molar-refractivity contribution is 7.13. The average molecular weight is 319 g/mol. The molecular formula is C17H13N5S. The van der Waals surface area contributed by atoms with Crippen LogP contribution in [0.5, 0.6) is 0 Å². The summed E-state index contributed by atoms with van der Waals surface area (Å²) < 4.78 is 1.96. The fraction of sp³-hybridized carbons (Fsp3) is 0. The van der Waals surface area contributed by atoms with Gasteiger partial charge >= 0.3 is 0 Å². The number of hydrogen-bond donors (Lipinski definition) is 1. The molecule has 0 saturated heterocycles. The Kier molecular flexibility index (Phi) is 3.36. The minimum absolute atomic E-state index is 0.280. The molecular weight excluding hydrogens is 306 g/mol. The van der Waals surface area contributed by atoms with E-state index in [1.807, 2.05) is 46.5 Å². The average Bonchev–Trinajstić information content (AvgIpc) is 3.28. The molecule has 23 heavy (non-hydrogen) atoms. The van der Waals surface area contributed by atoms with Gasteiger partial charge in [-0.1, -0.05) is 18.2 Å². The highest BCUT2D eigenvalue weighted by Crippen LogP contribution is 2.33. The fourth-order valence-electron chi connectivity index (χ4n) is 2.45. The van der Waals surface area contributed by atoms with Crippen LogP contribution in [0.15, 0.2) is 66.7 Å². The van der Waals surface area contributed by atoms with Crippen LogP contribution in [-0.2, 0) is 0 Å². The van der Waals surface area contributed by atoms with Gasteiger partial charge in [0.05, 0.1) is 16.9 Å². The molecule has 0 atom stereocenters. The van der Waals surface area contributed by atoms with E-state index in [9.17, 15) is 0 Å². The van der Waals surface area contributed by atoms with Crippen molar-refractivity contribution in [2.45, 2.75) is 0 Å². The maximum atomic E-state index is 5.79. The zero-order chi connectivity index (χ0) is 15.6. The number of aromatic nitrogens is 4. The van der Waals surface area contributed by atoms with E-state index < -0.39 is 0 Å². The van der Waals surface area contributed by atoms with Gasteiger partial charge in [0, 0.05) is 29.8 Å². The Bertz CT molecular complexity index is 930. The Hall–Kier alpha value is -2.99. The maximum Gasteiger partial charge on any atom is 0.220 e. The lowest BCUT2D eigenvalue weighted by atomic mass is 10.0. The standard InChI is InChI=1S/C17H13N5S/c18-17-20-10-14(16(21-17)15-5-2-8-23-15)12-3-1-4-13(9-12)22-7-6-19-11-22/h1-11H,(H2,18,20,21). The van der Waals surface area contributed by atoms with E-state index >= 15 is 0 Å². The first kappa shape index (κ1) is 13.7. The smallest absolute Gasteiger partial charge is 0.220 e. The van der Waals surface area contributed by atoms with Gasteiger partial charge in [-0.05, 0) is 29.1 Å². The number of imidazole rings is 1.